The summed E-state index contributed by atoms with van der Waals surface area (Å²) in [6.07, 6.45) is 7.37. The largest absolute Gasteiger partial charge is 0.349 e. The van der Waals surface area contributed by atoms with Crippen LogP contribution < -0.4 is 5.32 Å². The molecule has 5 heteroatoms. The van der Waals surface area contributed by atoms with Crippen molar-refractivity contribution in [3.8, 4) is 0 Å². The SMILES string of the molecule is CSC1CCCCC1Nc1nc2cccc(C)n2n1. The molecular formula is C14H20N4S. The molecule has 0 aliphatic heterocycles. The van der Waals surface area contributed by atoms with Crippen molar-refractivity contribution in [2.75, 3.05) is 11.6 Å². The minimum atomic E-state index is 0.501. The highest BCUT2D eigenvalue weighted by Crippen LogP contribution is 2.29. The van der Waals surface area contributed by atoms with Crippen LogP contribution in [0, 0.1) is 6.92 Å². The third-order valence-electron chi connectivity index (χ3n) is 3.87. The normalized spacial score (nSPS) is 23.7. The molecule has 4 nitrogen and oxygen atoms in total. The van der Waals surface area contributed by atoms with Crippen molar-refractivity contribution in [3.63, 3.8) is 0 Å². The lowest BCUT2D eigenvalue weighted by atomic mass is 9.95. The van der Waals surface area contributed by atoms with E-state index in [0.29, 0.717) is 11.3 Å². The molecule has 2 atom stereocenters. The van der Waals surface area contributed by atoms with Crippen molar-refractivity contribution in [1.29, 1.82) is 0 Å². The van der Waals surface area contributed by atoms with E-state index < -0.39 is 0 Å². The molecule has 2 aromatic rings. The molecule has 0 bridgehead atoms. The molecule has 2 heterocycles. The summed E-state index contributed by atoms with van der Waals surface area (Å²) in [5, 5.41) is 8.78. The molecule has 1 N–H and O–H groups in total. The lowest BCUT2D eigenvalue weighted by Gasteiger charge is -2.30. The fraction of sp³-hybridized carbons (Fsp3) is 0.571. The van der Waals surface area contributed by atoms with E-state index in [-0.39, 0.29) is 0 Å². The maximum Gasteiger partial charge on any atom is 0.243 e. The molecule has 3 rings (SSSR count). The number of anilines is 1. The van der Waals surface area contributed by atoms with Gasteiger partial charge >= 0.3 is 0 Å². The van der Waals surface area contributed by atoms with E-state index in [9.17, 15) is 0 Å². The lowest BCUT2D eigenvalue weighted by molar-refractivity contribution is 0.473. The summed E-state index contributed by atoms with van der Waals surface area (Å²) in [6, 6.07) is 6.57. The van der Waals surface area contributed by atoms with Crippen LogP contribution in [0.3, 0.4) is 0 Å². The van der Waals surface area contributed by atoms with E-state index in [1.54, 1.807) is 0 Å². The second-order valence-corrected chi connectivity index (χ2v) is 6.26. The molecule has 1 aliphatic rings. The standard InChI is InChI=1S/C14H20N4S/c1-10-6-5-9-13-16-14(17-18(10)13)15-11-7-3-4-8-12(11)19-2/h5-6,9,11-12H,3-4,7-8H2,1-2H3,(H,15,17). The minimum absolute atomic E-state index is 0.501. The Morgan fingerprint density at radius 2 is 2.16 bits per heavy atom. The maximum atomic E-state index is 4.57. The van der Waals surface area contributed by atoms with Crippen LogP contribution in [-0.2, 0) is 0 Å². The Labute approximate surface area is 118 Å². The van der Waals surface area contributed by atoms with Gasteiger partial charge in [-0.2, -0.15) is 16.7 Å². The fourth-order valence-electron chi connectivity index (χ4n) is 2.81. The first kappa shape index (κ1) is 12.8. The Morgan fingerprint density at radius 3 is 2.95 bits per heavy atom. The molecule has 0 saturated heterocycles. The Balaban J connectivity index is 1.82. The average Bonchev–Trinajstić information content (AvgIpc) is 2.83. The number of nitrogens with zero attached hydrogens (tertiary/aromatic N) is 3. The number of fused-ring (bicyclic) bond motifs is 1. The molecule has 0 amide bonds. The second kappa shape index (κ2) is 5.41. The van der Waals surface area contributed by atoms with Crippen molar-refractivity contribution < 1.29 is 0 Å². The number of aryl methyl sites for hydroxylation is 1. The lowest BCUT2D eigenvalue weighted by Crippen LogP contribution is -2.34. The molecular weight excluding hydrogens is 256 g/mol. The van der Waals surface area contributed by atoms with Gasteiger partial charge in [0.15, 0.2) is 5.65 Å². The first-order chi connectivity index (χ1) is 9.28. The summed E-state index contributed by atoms with van der Waals surface area (Å²) >= 11 is 1.96. The van der Waals surface area contributed by atoms with Gasteiger partial charge in [0.05, 0.1) is 0 Å². The molecule has 1 fully saturated rings. The number of aromatic nitrogens is 3. The van der Waals surface area contributed by atoms with E-state index >= 15 is 0 Å². The molecule has 1 saturated carbocycles. The van der Waals surface area contributed by atoms with Crippen LogP contribution in [0.15, 0.2) is 18.2 Å². The number of thioether (sulfide) groups is 1. The average molecular weight is 276 g/mol. The highest BCUT2D eigenvalue weighted by Gasteiger charge is 2.25. The number of hydrogen-bond acceptors (Lipinski definition) is 4. The first-order valence-electron chi connectivity index (χ1n) is 6.89. The van der Waals surface area contributed by atoms with Crippen LogP contribution in [0.5, 0.6) is 0 Å². The van der Waals surface area contributed by atoms with Gasteiger partial charge in [0.2, 0.25) is 5.95 Å². The molecule has 102 valence electrons. The van der Waals surface area contributed by atoms with E-state index in [0.717, 1.165) is 17.3 Å². The molecule has 19 heavy (non-hydrogen) atoms. The van der Waals surface area contributed by atoms with Gasteiger partial charge < -0.3 is 5.32 Å². The zero-order valence-electron chi connectivity index (χ0n) is 11.5. The van der Waals surface area contributed by atoms with Gasteiger partial charge in [0.25, 0.3) is 0 Å². The second-order valence-electron chi connectivity index (χ2n) is 5.18. The Bertz CT molecular complexity index is 566. The monoisotopic (exact) mass is 276 g/mol. The summed E-state index contributed by atoms with van der Waals surface area (Å²) in [7, 11) is 0. The Morgan fingerprint density at radius 1 is 1.32 bits per heavy atom. The molecule has 0 spiro atoms. The van der Waals surface area contributed by atoms with Gasteiger partial charge in [0, 0.05) is 17.0 Å². The van der Waals surface area contributed by atoms with Gasteiger partial charge in [-0.1, -0.05) is 18.9 Å². The highest BCUT2D eigenvalue weighted by molar-refractivity contribution is 7.99. The number of nitrogens with one attached hydrogen (secondary N) is 1. The van der Waals surface area contributed by atoms with E-state index in [4.69, 9.17) is 0 Å². The van der Waals surface area contributed by atoms with Crippen LogP contribution in [0.4, 0.5) is 5.95 Å². The van der Waals surface area contributed by atoms with E-state index in [1.165, 1.54) is 25.7 Å². The molecule has 2 aromatic heterocycles. The predicted molar refractivity (Wildman–Crippen MR) is 80.9 cm³/mol. The first-order valence-corrected chi connectivity index (χ1v) is 8.18. The van der Waals surface area contributed by atoms with Gasteiger partial charge in [-0.3, -0.25) is 0 Å². The summed E-state index contributed by atoms with van der Waals surface area (Å²) in [5.74, 6) is 0.764. The smallest absolute Gasteiger partial charge is 0.243 e. The van der Waals surface area contributed by atoms with E-state index in [2.05, 4.69) is 34.6 Å². The zero-order valence-corrected chi connectivity index (χ0v) is 12.3. The number of hydrogen-bond donors (Lipinski definition) is 1. The molecule has 1 aliphatic carbocycles. The van der Waals surface area contributed by atoms with Crippen molar-refractivity contribution in [3.05, 3.63) is 23.9 Å². The zero-order chi connectivity index (χ0) is 13.2. The topological polar surface area (TPSA) is 42.2 Å². The van der Waals surface area contributed by atoms with Crippen LogP contribution in [0.2, 0.25) is 0 Å². The van der Waals surface area contributed by atoms with E-state index in [1.807, 2.05) is 28.4 Å². The summed E-state index contributed by atoms with van der Waals surface area (Å²) in [4.78, 5) is 4.57. The van der Waals surface area contributed by atoms with Gasteiger partial charge in [0.1, 0.15) is 0 Å². The van der Waals surface area contributed by atoms with Crippen LogP contribution in [0.1, 0.15) is 31.4 Å². The number of rotatable bonds is 3. The quantitative estimate of drug-likeness (QED) is 0.935. The number of pyridine rings is 1. The van der Waals surface area contributed by atoms with Crippen LogP contribution in [-0.4, -0.2) is 32.1 Å². The Hall–Kier alpha value is -1.23. The molecule has 2 unspecified atom stereocenters. The van der Waals surface area contributed by atoms with Crippen LogP contribution >= 0.6 is 11.8 Å². The van der Waals surface area contributed by atoms with Crippen molar-refractivity contribution in [2.45, 2.75) is 43.9 Å². The third-order valence-corrected chi connectivity index (χ3v) is 5.04. The predicted octanol–water partition coefficient (Wildman–Crippen LogP) is 3.12. The summed E-state index contributed by atoms with van der Waals surface area (Å²) < 4.78 is 1.90. The highest BCUT2D eigenvalue weighted by atomic mass is 32.2. The fourth-order valence-corrected chi connectivity index (χ4v) is 3.74. The van der Waals surface area contributed by atoms with Crippen LogP contribution in [0.25, 0.3) is 5.65 Å². The van der Waals surface area contributed by atoms with Gasteiger partial charge in [-0.15, -0.1) is 5.10 Å². The summed E-state index contributed by atoms with van der Waals surface area (Å²) in [5.41, 5.74) is 2.03. The summed E-state index contributed by atoms with van der Waals surface area (Å²) in [6.45, 7) is 2.05. The van der Waals surface area contributed by atoms with Gasteiger partial charge in [-0.25, -0.2) is 4.52 Å². The van der Waals surface area contributed by atoms with Crippen molar-refractivity contribution in [2.24, 2.45) is 0 Å². The van der Waals surface area contributed by atoms with Crippen molar-refractivity contribution >= 4 is 23.4 Å². The third kappa shape index (κ3) is 2.56. The van der Waals surface area contributed by atoms with Crippen molar-refractivity contribution in [1.82, 2.24) is 14.6 Å². The Kier molecular flexibility index (Phi) is 3.64. The minimum Gasteiger partial charge on any atom is -0.349 e. The molecule has 0 aromatic carbocycles. The molecule has 0 radical (unpaired) electrons. The maximum absolute atomic E-state index is 4.57. The van der Waals surface area contributed by atoms with Gasteiger partial charge in [-0.05, 0) is 38.2 Å².